The highest BCUT2D eigenvalue weighted by atomic mass is 32.1. The Morgan fingerprint density at radius 2 is 2.24 bits per heavy atom. The SMILES string of the molecule is CNC(Cc1nc(C)c(C)s1)c1ccn(C)n1. The van der Waals surface area contributed by atoms with Crippen LogP contribution in [0.4, 0.5) is 0 Å². The molecule has 1 N–H and O–H groups in total. The minimum absolute atomic E-state index is 0.237. The highest BCUT2D eigenvalue weighted by molar-refractivity contribution is 7.11. The molecule has 0 spiro atoms. The molecule has 0 bridgehead atoms. The monoisotopic (exact) mass is 250 g/mol. The molecular formula is C12H18N4S. The van der Waals surface area contributed by atoms with E-state index in [0.29, 0.717) is 0 Å². The lowest BCUT2D eigenvalue weighted by atomic mass is 10.1. The molecule has 0 radical (unpaired) electrons. The lowest BCUT2D eigenvalue weighted by molar-refractivity contribution is 0.561. The third-order valence-electron chi connectivity index (χ3n) is 2.89. The van der Waals surface area contributed by atoms with Crippen LogP contribution in [0.15, 0.2) is 12.3 Å². The van der Waals surface area contributed by atoms with E-state index in [0.717, 1.165) is 17.8 Å². The minimum Gasteiger partial charge on any atom is -0.311 e. The van der Waals surface area contributed by atoms with Crippen molar-refractivity contribution < 1.29 is 0 Å². The van der Waals surface area contributed by atoms with Crippen LogP contribution in [0.3, 0.4) is 0 Å². The summed E-state index contributed by atoms with van der Waals surface area (Å²) in [5.41, 5.74) is 2.21. The van der Waals surface area contributed by atoms with Gasteiger partial charge in [0.1, 0.15) is 0 Å². The van der Waals surface area contributed by atoms with Crippen LogP contribution >= 0.6 is 11.3 Å². The average molecular weight is 250 g/mol. The molecule has 17 heavy (non-hydrogen) atoms. The van der Waals surface area contributed by atoms with Gasteiger partial charge in [-0.05, 0) is 27.0 Å². The third kappa shape index (κ3) is 2.73. The number of aryl methyl sites for hydroxylation is 3. The summed E-state index contributed by atoms with van der Waals surface area (Å²) in [5.74, 6) is 0. The van der Waals surface area contributed by atoms with Gasteiger partial charge in [0.05, 0.1) is 22.4 Å². The maximum absolute atomic E-state index is 4.57. The average Bonchev–Trinajstić information content (AvgIpc) is 2.83. The summed E-state index contributed by atoms with van der Waals surface area (Å²) in [7, 11) is 3.90. The Labute approximate surface area is 106 Å². The summed E-state index contributed by atoms with van der Waals surface area (Å²) in [6.45, 7) is 4.18. The smallest absolute Gasteiger partial charge is 0.0950 e. The molecule has 0 aliphatic heterocycles. The van der Waals surface area contributed by atoms with Gasteiger partial charge in [0, 0.05) is 24.5 Å². The molecule has 2 heterocycles. The molecule has 0 saturated carbocycles. The van der Waals surface area contributed by atoms with Crippen molar-refractivity contribution in [3.63, 3.8) is 0 Å². The first kappa shape index (κ1) is 12.3. The molecule has 2 aromatic heterocycles. The molecule has 2 aromatic rings. The second-order valence-electron chi connectivity index (χ2n) is 4.21. The van der Waals surface area contributed by atoms with Crippen LogP contribution < -0.4 is 5.32 Å². The van der Waals surface area contributed by atoms with Crippen LogP contribution in [0.5, 0.6) is 0 Å². The fraction of sp³-hybridized carbons (Fsp3) is 0.500. The zero-order chi connectivity index (χ0) is 12.4. The summed E-state index contributed by atoms with van der Waals surface area (Å²) in [6, 6.07) is 2.29. The van der Waals surface area contributed by atoms with Crippen molar-refractivity contribution in [3.8, 4) is 0 Å². The summed E-state index contributed by atoms with van der Waals surface area (Å²) in [5, 5.41) is 8.91. The van der Waals surface area contributed by atoms with E-state index in [4.69, 9.17) is 0 Å². The van der Waals surface area contributed by atoms with E-state index in [-0.39, 0.29) is 6.04 Å². The number of likely N-dealkylation sites (N-methyl/N-ethyl adjacent to an activating group) is 1. The van der Waals surface area contributed by atoms with Crippen molar-refractivity contribution in [2.24, 2.45) is 7.05 Å². The predicted molar refractivity (Wildman–Crippen MR) is 70.3 cm³/mol. The van der Waals surface area contributed by atoms with Gasteiger partial charge in [0.2, 0.25) is 0 Å². The predicted octanol–water partition coefficient (Wildman–Crippen LogP) is 2.00. The normalized spacial score (nSPS) is 12.9. The maximum Gasteiger partial charge on any atom is 0.0950 e. The van der Waals surface area contributed by atoms with Crippen LogP contribution in [-0.2, 0) is 13.5 Å². The van der Waals surface area contributed by atoms with E-state index in [1.165, 1.54) is 9.88 Å². The van der Waals surface area contributed by atoms with E-state index < -0.39 is 0 Å². The second-order valence-corrected chi connectivity index (χ2v) is 5.50. The molecule has 0 fully saturated rings. The molecule has 92 valence electrons. The highest BCUT2D eigenvalue weighted by Crippen LogP contribution is 2.22. The van der Waals surface area contributed by atoms with Crippen LogP contribution in [-0.4, -0.2) is 21.8 Å². The molecular weight excluding hydrogens is 232 g/mol. The summed E-state index contributed by atoms with van der Waals surface area (Å²) >= 11 is 1.77. The first-order valence-electron chi connectivity index (χ1n) is 5.70. The lowest BCUT2D eigenvalue weighted by Crippen LogP contribution is -2.19. The Bertz CT molecular complexity index is 481. The van der Waals surface area contributed by atoms with Crippen molar-refractivity contribution in [3.05, 3.63) is 33.5 Å². The van der Waals surface area contributed by atoms with Crippen molar-refractivity contribution in [1.82, 2.24) is 20.1 Å². The molecule has 1 atom stereocenters. The molecule has 0 aliphatic carbocycles. The topological polar surface area (TPSA) is 42.7 Å². The summed E-state index contributed by atoms with van der Waals surface area (Å²) in [4.78, 5) is 5.88. The van der Waals surface area contributed by atoms with Gasteiger partial charge in [-0.25, -0.2) is 4.98 Å². The Morgan fingerprint density at radius 3 is 2.71 bits per heavy atom. The molecule has 0 amide bonds. The van der Waals surface area contributed by atoms with Gasteiger partial charge in [-0.3, -0.25) is 4.68 Å². The minimum atomic E-state index is 0.237. The van der Waals surface area contributed by atoms with Gasteiger partial charge < -0.3 is 5.32 Å². The standard InChI is InChI=1S/C12H18N4S/c1-8-9(2)17-12(14-8)7-11(13-3)10-5-6-16(4)15-10/h5-6,11,13H,7H2,1-4H3. The van der Waals surface area contributed by atoms with Gasteiger partial charge in [0.25, 0.3) is 0 Å². The van der Waals surface area contributed by atoms with Gasteiger partial charge in [-0.15, -0.1) is 11.3 Å². The van der Waals surface area contributed by atoms with E-state index in [2.05, 4.69) is 35.3 Å². The van der Waals surface area contributed by atoms with Crippen molar-refractivity contribution in [1.29, 1.82) is 0 Å². The van der Waals surface area contributed by atoms with E-state index >= 15 is 0 Å². The first-order valence-corrected chi connectivity index (χ1v) is 6.51. The largest absolute Gasteiger partial charge is 0.311 e. The van der Waals surface area contributed by atoms with Crippen molar-refractivity contribution >= 4 is 11.3 Å². The Hall–Kier alpha value is -1.20. The highest BCUT2D eigenvalue weighted by Gasteiger charge is 2.15. The number of aromatic nitrogens is 3. The quantitative estimate of drug-likeness (QED) is 0.902. The van der Waals surface area contributed by atoms with Gasteiger partial charge in [0.15, 0.2) is 0 Å². The van der Waals surface area contributed by atoms with Crippen LogP contribution in [0, 0.1) is 13.8 Å². The fourth-order valence-corrected chi connectivity index (χ4v) is 2.75. The van der Waals surface area contributed by atoms with Crippen LogP contribution in [0.25, 0.3) is 0 Å². The Morgan fingerprint density at radius 1 is 1.47 bits per heavy atom. The number of hydrogen-bond donors (Lipinski definition) is 1. The fourth-order valence-electron chi connectivity index (χ4n) is 1.77. The Balaban J connectivity index is 2.15. The number of nitrogens with one attached hydrogen (secondary N) is 1. The zero-order valence-corrected chi connectivity index (χ0v) is 11.5. The maximum atomic E-state index is 4.57. The first-order chi connectivity index (χ1) is 8.10. The number of rotatable bonds is 4. The summed E-state index contributed by atoms with van der Waals surface area (Å²) < 4.78 is 1.83. The van der Waals surface area contributed by atoms with E-state index in [1.807, 2.05) is 25.0 Å². The molecule has 0 aromatic carbocycles. The molecule has 1 unspecified atom stereocenters. The van der Waals surface area contributed by atoms with E-state index in [1.54, 1.807) is 11.3 Å². The van der Waals surface area contributed by atoms with Crippen molar-refractivity contribution in [2.45, 2.75) is 26.3 Å². The number of hydrogen-bond acceptors (Lipinski definition) is 4. The van der Waals surface area contributed by atoms with Crippen LogP contribution in [0.2, 0.25) is 0 Å². The Kier molecular flexibility index (Phi) is 3.59. The third-order valence-corrected chi connectivity index (χ3v) is 3.99. The van der Waals surface area contributed by atoms with Gasteiger partial charge >= 0.3 is 0 Å². The van der Waals surface area contributed by atoms with Gasteiger partial charge in [-0.1, -0.05) is 0 Å². The molecule has 2 rings (SSSR count). The van der Waals surface area contributed by atoms with E-state index in [9.17, 15) is 0 Å². The molecule has 0 aliphatic rings. The van der Waals surface area contributed by atoms with Gasteiger partial charge in [-0.2, -0.15) is 5.10 Å². The lowest BCUT2D eigenvalue weighted by Gasteiger charge is -2.11. The van der Waals surface area contributed by atoms with Crippen molar-refractivity contribution in [2.75, 3.05) is 7.05 Å². The second kappa shape index (κ2) is 4.98. The van der Waals surface area contributed by atoms with Crippen LogP contribution in [0.1, 0.15) is 27.3 Å². The molecule has 4 nitrogen and oxygen atoms in total. The number of nitrogens with zero attached hydrogens (tertiary/aromatic N) is 3. The zero-order valence-electron chi connectivity index (χ0n) is 10.7. The summed E-state index contributed by atoms with van der Waals surface area (Å²) in [6.07, 6.45) is 2.87. The number of thiazole rings is 1. The molecule has 5 heteroatoms. The molecule has 0 saturated heterocycles.